The number of amides is 1. The summed E-state index contributed by atoms with van der Waals surface area (Å²) in [5.41, 5.74) is -0.531. The van der Waals surface area contributed by atoms with E-state index in [1.165, 1.54) is 0 Å². The molecule has 0 saturated heterocycles. The van der Waals surface area contributed by atoms with Crippen LogP contribution in [0.15, 0.2) is 36.4 Å². The van der Waals surface area contributed by atoms with E-state index in [-0.39, 0.29) is 17.2 Å². The Morgan fingerprint density at radius 3 is 2.42 bits per heavy atom. The number of phenolic OH excluding ortho intramolecular Hbond substituents is 1. The Labute approximate surface area is 112 Å². The summed E-state index contributed by atoms with van der Waals surface area (Å²) in [6.45, 7) is 3.45. The summed E-state index contributed by atoms with van der Waals surface area (Å²) in [6.07, 6.45) is 5.33. The summed E-state index contributed by atoms with van der Waals surface area (Å²) in [6, 6.07) is 10.8. The van der Waals surface area contributed by atoms with Crippen molar-refractivity contribution in [2.75, 3.05) is 0 Å². The van der Waals surface area contributed by atoms with Crippen LogP contribution in [-0.4, -0.2) is 16.6 Å². The fourth-order valence-corrected chi connectivity index (χ4v) is 1.80. The van der Waals surface area contributed by atoms with Crippen LogP contribution in [0.5, 0.6) is 5.75 Å². The van der Waals surface area contributed by atoms with Gasteiger partial charge in [0.05, 0.1) is 11.1 Å². The number of fused-ring (bicyclic) bond motifs is 1. The lowest BCUT2D eigenvalue weighted by Gasteiger charge is -2.20. The van der Waals surface area contributed by atoms with Gasteiger partial charge in [0, 0.05) is 0 Å². The number of carbonyl (C=O) groups is 1. The number of terminal acetylenes is 1. The second kappa shape index (κ2) is 4.66. The highest BCUT2D eigenvalue weighted by molar-refractivity contribution is 6.01. The van der Waals surface area contributed by atoms with Crippen molar-refractivity contribution in [3.05, 3.63) is 42.0 Å². The van der Waals surface area contributed by atoms with E-state index in [4.69, 9.17) is 6.42 Å². The van der Waals surface area contributed by atoms with E-state index in [1.54, 1.807) is 26.0 Å². The summed E-state index contributed by atoms with van der Waals surface area (Å²) < 4.78 is 0. The number of hydrogen-bond donors (Lipinski definition) is 2. The predicted octanol–water partition coefficient (Wildman–Crippen LogP) is 2.69. The number of phenols is 1. The maximum atomic E-state index is 12.1. The number of nitrogens with one attached hydrogen (secondary N) is 1. The lowest BCUT2D eigenvalue weighted by Crippen LogP contribution is -2.42. The normalized spacial score (nSPS) is 11.0. The van der Waals surface area contributed by atoms with Gasteiger partial charge in [-0.2, -0.15) is 0 Å². The molecule has 2 aromatic rings. The molecule has 2 N–H and O–H groups in total. The number of aromatic hydroxyl groups is 1. The zero-order valence-electron chi connectivity index (χ0n) is 10.9. The Balaban J connectivity index is 2.43. The van der Waals surface area contributed by atoms with Crippen LogP contribution in [-0.2, 0) is 0 Å². The summed E-state index contributed by atoms with van der Waals surface area (Å²) in [5, 5.41) is 14.4. The zero-order valence-corrected chi connectivity index (χ0v) is 10.9. The highest BCUT2D eigenvalue weighted by Gasteiger charge is 2.20. The number of hydrogen-bond acceptors (Lipinski definition) is 2. The van der Waals surface area contributed by atoms with Gasteiger partial charge in [0.25, 0.3) is 5.91 Å². The van der Waals surface area contributed by atoms with Gasteiger partial charge in [0.2, 0.25) is 0 Å². The van der Waals surface area contributed by atoms with Crippen LogP contribution >= 0.6 is 0 Å². The minimum absolute atomic E-state index is 0.0518. The molecule has 0 aliphatic rings. The largest absolute Gasteiger partial charge is 0.507 e. The first-order valence-electron chi connectivity index (χ1n) is 5.95. The van der Waals surface area contributed by atoms with Gasteiger partial charge in [-0.05, 0) is 36.8 Å². The van der Waals surface area contributed by atoms with Crippen molar-refractivity contribution in [2.45, 2.75) is 19.4 Å². The molecule has 0 bridgehead atoms. The first kappa shape index (κ1) is 13.0. The molecule has 0 unspecified atom stereocenters. The second-order valence-electron chi connectivity index (χ2n) is 4.94. The molecule has 0 aromatic heterocycles. The van der Waals surface area contributed by atoms with Crippen LogP contribution in [0, 0.1) is 12.3 Å². The van der Waals surface area contributed by atoms with Gasteiger partial charge >= 0.3 is 0 Å². The van der Waals surface area contributed by atoms with E-state index in [0.29, 0.717) is 0 Å². The van der Waals surface area contributed by atoms with Gasteiger partial charge in [-0.1, -0.05) is 30.2 Å². The van der Waals surface area contributed by atoms with E-state index in [0.717, 1.165) is 10.8 Å². The van der Waals surface area contributed by atoms with Gasteiger partial charge in [-0.25, -0.2) is 0 Å². The summed E-state index contributed by atoms with van der Waals surface area (Å²) >= 11 is 0. The van der Waals surface area contributed by atoms with Crippen LogP contribution in [0.25, 0.3) is 10.8 Å². The van der Waals surface area contributed by atoms with Gasteiger partial charge in [-0.15, -0.1) is 6.42 Å². The van der Waals surface area contributed by atoms with Crippen LogP contribution < -0.4 is 5.32 Å². The zero-order chi connectivity index (χ0) is 14.0. The van der Waals surface area contributed by atoms with Gasteiger partial charge in [0.15, 0.2) is 0 Å². The Hall–Kier alpha value is -2.47. The Morgan fingerprint density at radius 1 is 1.26 bits per heavy atom. The molecule has 2 aromatic carbocycles. The SMILES string of the molecule is C#CC(C)(C)NC(=O)c1cc2ccccc2cc1O. The third-order valence-electron chi connectivity index (χ3n) is 2.90. The lowest BCUT2D eigenvalue weighted by atomic mass is 10.0. The van der Waals surface area contributed by atoms with Crippen LogP contribution in [0.2, 0.25) is 0 Å². The third kappa shape index (κ3) is 2.69. The third-order valence-corrected chi connectivity index (χ3v) is 2.90. The number of benzene rings is 2. The molecular weight excluding hydrogens is 238 g/mol. The second-order valence-corrected chi connectivity index (χ2v) is 4.94. The number of carbonyl (C=O) groups excluding carboxylic acids is 1. The standard InChI is InChI=1S/C16H15NO2/c1-4-16(2,3)17-15(19)13-9-11-7-5-6-8-12(11)10-14(13)18/h1,5-10,18H,2-3H3,(H,17,19). The molecule has 0 saturated carbocycles. The van der Waals surface area contributed by atoms with Crippen molar-refractivity contribution < 1.29 is 9.90 Å². The molecule has 0 radical (unpaired) electrons. The molecule has 0 atom stereocenters. The van der Waals surface area contributed by atoms with E-state index in [9.17, 15) is 9.90 Å². The number of rotatable bonds is 2. The first-order chi connectivity index (χ1) is 8.93. The molecule has 19 heavy (non-hydrogen) atoms. The average molecular weight is 253 g/mol. The van der Waals surface area contributed by atoms with Crippen LogP contribution in [0.4, 0.5) is 0 Å². The quantitative estimate of drug-likeness (QED) is 0.808. The van der Waals surface area contributed by atoms with Gasteiger partial charge < -0.3 is 10.4 Å². The van der Waals surface area contributed by atoms with Gasteiger partial charge in [0.1, 0.15) is 5.75 Å². The summed E-state index contributed by atoms with van der Waals surface area (Å²) in [4.78, 5) is 12.1. The molecule has 0 aliphatic heterocycles. The smallest absolute Gasteiger partial charge is 0.256 e. The maximum absolute atomic E-state index is 12.1. The Bertz CT molecular complexity index is 681. The summed E-state index contributed by atoms with van der Waals surface area (Å²) in [7, 11) is 0. The topological polar surface area (TPSA) is 49.3 Å². The van der Waals surface area contributed by atoms with Crippen molar-refractivity contribution in [1.82, 2.24) is 5.32 Å². The van der Waals surface area contributed by atoms with Crippen molar-refractivity contribution in [1.29, 1.82) is 0 Å². The molecular formula is C16H15NO2. The van der Waals surface area contributed by atoms with Crippen molar-refractivity contribution in [3.63, 3.8) is 0 Å². The molecule has 1 amide bonds. The molecule has 0 heterocycles. The molecule has 3 heteroatoms. The van der Waals surface area contributed by atoms with Gasteiger partial charge in [-0.3, -0.25) is 4.79 Å². The first-order valence-corrected chi connectivity index (χ1v) is 5.95. The van der Waals surface area contributed by atoms with E-state index >= 15 is 0 Å². The van der Waals surface area contributed by atoms with Crippen molar-refractivity contribution >= 4 is 16.7 Å². The predicted molar refractivity (Wildman–Crippen MR) is 76.0 cm³/mol. The minimum atomic E-state index is -0.755. The van der Waals surface area contributed by atoms with Crippen molar-refractivity contribution in [3.8, 4) is 18.1 Å². The molecule has 0 spiro atoms. The lowest BCUT2D eigenvalue weighted by molar-refractivity contribution is 0.0927. The van der Waals surface area contributed by atoms with E-state index in [2.05, 4.69) is 11.2 Å². The fourth-order valence-electron chi connectivity index (χ4n) is 1.80. The molecule has 2 rings (SSSR count). The van der Waals surface area contributed by atoms with Crippen molar-refractivity contribution in [2.24, 2.45) is 0 Å². The Kier molecular flexibility index (Phi) is 3.18. The fraction of sp³-hybridized carbons (Fsp3) is 0.188. The molecule has 3 nitrogen and oxygen atoms in total. The minimum Gasteiger partial charge on any atom is -0.507 e. The monoisotopic (exact) mass is 253 g/mol. The molecule has 0 aliphatic carbocycles. The maximum Gasteiger partial charge on any atom is 0.256 e. The van der Waals surface area contributed by atoms with Crippen LogP contribution in [0.1, 0.15) is 24.2 Å². The Morgan fingerprint density at radius 2 is 1.84 bits per heavy atom. The highest BCUT2D eigenvalue weighted by Crippen LogP contribution is 2.25. The highest BCUT2D eigenvalue weighted by atomic mass is 16.3. The average Bonchev–Trinajstić information content (AvgIpc) is 2.37. The summed E-state index contributed by atoms with van der Waals surface area (Å²) in [5.74, 6) is 2.05. The van der Waals surface area contributed by atoms with Crippen LogP contribution in [0.3, 0.4) is 0 Å². The molecule has 0 fully saturated rings. The van der Waals surface area contributed by atoms with E-state index < -0.39 is 5.54 Å². The van der Waals surface area contributed by atoms with E-state index in [1.807, 2.05) is 24.3 Å². The molecule has 96 valence electrons.